The lowest BCUT2D eigenvalue weighted by Gasteiger charge is -2.26. The molecule has 11 heteroatoms. The molecule has 0 aliphatic carbocycles. The predicted octanol–water partition coefficient (Wildman–Crippen LogP) is 2.40. The van der Waals surface area contributed by atoms with Crippen LogP contribution in [-0.4, -0.2) is 68.9 Å². The standard InChI is InChI=1S/C24H27BrN4O6/c1-15-5-4-6-16(2)21(15)27-23(31)24(32)28-26-13-17-11-18(25)22(19(12-17)33-3)35-14-20(30)29-7-9-34-10-8-29/h4-6,11-13H,7-10,14H2,1-3H3,(H,27,31)(H,28,32)/b26-13-. The summed E-state index contributed by atoms with van der Waals surface area (Å²) in [6.45, 7) is 5.63. The van der Waals surface area contributed by atoms with Gasteiger partial charge < -0.3 is 24.4 Å². The summed E-state index contributed by atoms with van der Waals surface area (Å²) in [6.07, 6.45) is 1.36. The third-order valence-corrected chi connectivity index (χ3v) is 5.85. The molecule has 1 saturated heterocycles. The summed E-state index contributed by atoms with van der Waals surface area (Å²) in [5.74, 6) is -1.14. The minimum absolute atomic E-state index is 0.144. The van der Waals surface area contributed by atoms with Crippen LogP contribution in [0.1, 0.15) is 16.7 Å². The van der Waals surface area contributed by atoms with Crippen molar-refractivity contribution >= 4 is 45.6 Å². The second-order valence-corrected chi connectivity index (χ2v) is 8.59. The molecule has 3 amide bonds. The third-order valence-electron chi connectivity index (χ3n) is 5.26. The molecule has 186 valence electrons. The Morgan fingerprint density at radius 3 is 2.49 bits per heavy atom. The molecule has 10 nitrogen and oxygen atoms in total. The smallest absolute Gasteiger partial charge is 0.329 e. The maximum absolute atomic E-state index is 12.4. The maximum Gasteiger partial charge on any atom is 0.329 e. The van der Waals surface area contributed by atoms with Gasteiger partial charge in [0.2, 0.25) is 0 Å². The molecule has 0 bridgehead atoms. The average molecular weight is 547 g/mol. The van der Waals surface area contributed by atoms with Crippen molar-refractivity contribution in [2.45, 2.75) is 13.8 Å². The number of morpholine rings is 1. The number of aryl methyl sites for hydroxylation is 2. The highest BCUT2D eigenvalue weighted by Gasteiger charge is 2.19. The lowest BCUT2D eigenvalue weighted by Crippen LogP contribution is -2.43. The molecule has 0 aromatic heterocycles. The Morgan fingerprint density at radius 2 is 1.83 bits per heavy atom. The van der Waals surface area contributed by atoms with Gasteiger partial charge in [-0.05, 0) is 58.6 Å². The van der Waals surface area contributed by atoms with E-state index >= 15 is 0 Å². The Balaban J connectivity index is 1.60. The molecular formula is C24H27BrN4O6. The number of hydrazone groups is 1. The van der Waals surface area contributed by atoms with Crippen LogP contribution >= 0.6 is 15.9 Å². The molecule has 0 radical (unpaired) electrons. The van der Waals surface area contributed by atoms with E-state index < -0.39 is 11.8 Å². The molecule has 0 atom stereocenters. The lowest BCUT2D eigenvalue weighted by atomic mass is 10.1. The van der Waals surface area contributed by atoms with E-state index in [9.17, 15) is 14.4 Å². The number of hydrogen-bond donors (Lipinski definition) is 2. The first kappa shape index (κ1) is 26.2. The molecule has 1 aliphatic heterocycles. The zero-order chi connectivity index (χ0) is 25.4. The summed E-state index contributed by atoms with van der Waals surface area (Å²) in [7, 11) is 1.47. The summed E-state index contributed by atoms with van der Waals surface area (Å²) in [5.41, 5.74) is 5.06. The number of hydrogen-bond acceptors (Lipinski definition) is 7. The van der Waals surface area contributed by atoms with Gasteiger partial charge in [-0.2, -0.15) is 5.10 Å². The van der Waals surface area contributed by atoms with Crippen LogP contribution in [0.25, 0.3) is 0 Å². The van der Waals surface area contributed by atoms with Crippen molar-refractivity contribution in [3.05, 3.63) is 51.5 Å². The number of halogens is 1. The van der Waals surface area contributed by atoms with Crippen LogP contribution in [0.2, 0.25) is 0 Å². The van der Waals surface area contributed by atoms with E-state index in [0.717, 1.165) is 11.1 Å². The molecule has 35 heavy (non-hydrogen) atoms. The van der Waals surface area contributed by atoms with Crippen LogP contribution in [0.4, 0.5) is 5.69 Å². The van der Waals surface area contributed by atoms with Gasteiger partial charge in [0.25, 0.3) is 5.91 Å². The first-order valence-corrected chi connectivity index (χ1v) is 11.7. The molecule has 2 aromatic carbocycles. The highest BCUT2D eigenvalue weighted by molar-refractivity contribution is 9.10. The lowest BCUT2D eigenvalue weighted by molar-refractivity contribution is -0.137. The van der Waals surface area contributed by atoms with Gasteiger partial charge in [0.05, 0.1) is 31.0 Å². The zero-order valence-corrected chi connectivity index (χ0v) is 21.3. The highest BCUT2D eigenvalue weighted by atomic mass is 79.9. The summed E-state index contributed by atoms with van der Waals surface area (Å²) in [4.78, 5) is 38.4. The van der Waals surface area contributed by atoms with Crippen LogP contribution in [-0.2, 0) is 19.1 Å². The second-order valence-electron chi connectivity index (χ2n) is 7.74. The van der Waals surface area contributed by atoms with Gasteiger partial charge in [0.1, 0.15) is 0 Å². The van der Waals surface area contributed by atoms with Crippen molar-refractivity contribution < 1.29 is 28.6 Å². The molecule has 2 N–H and O–H groups in total. The van der Waals surface area contributed by atoms with Crippen LogP contribution in [0.15, 0.2) is 39.9 Å². The van der Waals surface area contributed by atoms with Crippen molar-refractivity contribution in [2.75, 3.05) is 45.3 Å². The fourth-order valence-corrected chi connectivity index (χ4v) is 3.96. The van der Waals surface area contributed by atoms with Gasteiger partial charge in [-0.25, -0.2) is 5.43 Å². The molecule has 0 saturated carbocycles. The van der Waals surface area contributed by atoms with Gasteiger partial charge in [-0.1, -0.05) is 18.2 Å². The number of para-hydroxylation sites is 1. The van der Waals surface area contributed by atoms with Crippen LogP contribution in [0.5, 0.6) is 11.5 Å². The topological polar surface area (TPSA) is 119 Å². The molecule has 0 spiro atoms. The Kier molecular flexibility index (Phi) is 9.21. The zero-order valence-electron chi connectivity index (χ0n) is 19.7. The summed E-state index contributed by atoms with van der Waals surface area (Å²) in [5, 5.41) is 6.46. The Labute approximate surface area is 211 Å². The minimum Gasteiger partial charge on any atom is -0.493 e. The van der Waals surface area contributed by atoms with E-state index in [0.29, 0.717) is 53.5 Å². The Bertz CT molecular complexity index is 1110. The van der Waals surface area contributed by atoms with Gasteiger partial charge in [-0.3, -0.25) is 14.4 Å². The summed E-state index contributed by atoms with van der Waals surface area (Å²) in [6, 6.07) is 8.87. The number of rotatable bonds is 7. The highest BCUT2D eigenvalue weighted by Crippen LogP contribution is 2.36. The van der Waals surface area contributed by atoms with Crippen molar-refractivity contribution in [1.29, 1.82) is 0 Å². The largest absolute Gasteiger partial charge is 0.493 e. The number of amides is 3. The van der Waals surface area contributed by atoms with Gasteiger partial charge >= 0.3 is 11.8 Å². The van der Waals surface area contributed by atoms with Gasteiger partial charge in [-0.15, -0.1) is 0 Å². The van der Waals surface area contributed by atoms with E-state index in [2.05, 4.69) is 31.8 Å². The van der Waals surface area contributed by atoms with Crippen LogP contribution in [0, 0.1) is 13.8 Å². The molecule has 2 aromatic rings. The number of benzene rings is 2. The number of methoxy groups -OCH3 is 1. The minimum atomic E-state index is -0.906. The van der Waals surface area contributed by atoms with Crippen molar-refractivity contribution in [3.63, 3.8) is 0 Å². The summed E-state index contributed by atoms with van der Waals surface area (Å²) < 4.78 is 16.9. The first-order valence-electron chi connectivity index (χ1n) is 10.9. The Hall–Kier alpha value is -3.44. The van der Waals surface area contributed by atoms with E-state index in [4.69, 9.17) is 14.2 Å². The van der Waals surface area contributed by atoms with Crippen molar-refractivity contribution in [1.82, 2.24) is 10.3 Å². The van der Waals surface area contributed by atoms with Gasteiger partial charge in [0.15, 0.2) is 18.1 Å². The molecule has 1 heterocycles. The number of carbonyl (C=O) groups is 3. The van der Waals surface area contributed by atoms with Crippen molar-refractivity contribution in [3.8, 4) is 11.5 Å². The summed E-state index contributed by atoms with van der Waals surface area (Å²) >= 11 is 3.42. The average Bonchev–Trinajstić information content (AvgIpc) is 2.85. The normalized spacial score (nSPS) is 13.4. The van der Waals surface area contributed by atoms with E-state index in [1.54, 1.807) is 17.0 Å². The van der Waals surface area contributed by atoms with Crippen LogP contribution < -0.4 is 20.2 Å². The fourth-order valence-electron chi connectivity index (χ4n) is 3.39. The van der Waals surface area contributed by atoms with Gasteiger partial charge in [0, 0.05) is 18.8 Å². The molecule has 1 fully saturated rings. The van der Waals surface area contributed by atoms with Crippen molar-refractivity contribution in [2.24, 2.45) is 5.10 Å². The predicted molar refractivity (Wildman–Crippen MR) is 134 cm³/mol. The van der Waals surface area contributed by atoms with E-state index in [1.807, 2.05) is 32.0 Å². The maximum atomic E-state index is 12.4. The van der Waals surface area contributed by atoms with E-state index in [1.165, 1.54) is 13.3 Å². The number of anilines is 1. The number of nitrogens with one attached hydrogen (secondary N) is 2. The number of carbonyl (C=O) groups excluding carboxylic acids is 3. The first-order chi connectivity index (χ1) is 16.8. The Morgan fingerprint density at radius 1 is 1.14 bits per heavy atom. The van der Waals surface area contributed by atoms with Crippen LogP contribution in [0.3, 0.4) is 0 Å². The monoisotopic (exact) mass is 546 g/mol. The quantitative estimate of drug-likeness (QED) is 0.312. The fraction of sp³-hybridized carbons (Fsp3) is 0.333. The second kappa shape index (κ2) is 12.3. The number of ether oxygens (including phenoxy) is 3. The molecule has 0 unspecified atom stereocenters. The SMILES string of the molecule is COc1cc(/C=N\NC(=O)C(=O)Nc2c(C)cccc2C)cc(Br)c1OCC(=O)N1CCOCC1. The third kappa shape index (κ3) is 7.03. The number of nitrogens with zero attached hydrogens (tertiary/aromatic N) is 2. The van der Waals surface area contributed by atoms with E-state index in [-0.39, 0.29) is 12.5 Å². The molecule has 3 rings (SSSR count). The molecule has 1 aliphatic rings. The molecular weight excluding hydrogens is 520 g/mol.